The van der Waals surface area contributed by atoms with Crippen LogP contribution in [-0.2, 0) is 0 Å². The van der Waals surface area contributed by atoms with Crippen LogP contribution in [0.4, 0.5) is 4.79 Å². The molecule has 0 fully saturated rings. The summed E-state index contributed by atoms with van der Waals surface area (Å²) in [6.45, 7) is 8.62. The van der Waals surface area contributed by atoms with Crippen molar-refractivity contribution < 1.29 is 9.90 Å². The SMILES string of the molecule is CCN(C[C@@H](O)c1ccc(C)cc1)C(=O)NC(C)C. The summed E-state index contributed by atoms with van der Waals surface area (Å²) < 4.78 is 0. The van der Waals surface area contributed by atoms with Crippen LogP contribution in [0.25, 0.3) is 0 Å². The third-order valence-electron chi connectivity index (χ3n) is 2.94. The summed E-state index contributed by atoms with van der Waals surface area (Å²) >= 11 is 0. The third-order valence-corrected chi connectivity index (χ3v) is 2.94. The number of carbonyl (C=O) groups excluding carboxylic acids is 1. The molecule has 0 aliphatic carbocycles. The molecule has 19 heavy (non-hydrogen) atoms. The van der Waals surface area contributed by atoms with Crippen LogP contribution in [0.5, 0.6) is 0 Å². The summed E-state index contributed by atoms with van der Waals surface area (Å²) in [5, 5.41) is 13.0. The second-order valence-electron chi connectivity index (χ2n) is 5.07. The lowest BCUT2D eigenvalue weighted by Crippen LogP contribution is -2.44. The van der Waals surface area contributed by atoms with Gasteiger partial charge in [0.1, 0.15) is 0 Å². The van der Waals surface area contributed by atoms with Crippen LogP contribution < -0.4 is 5.32 Å². The summed E-state index contributed by atoms with van der Waals surface area (Å²) in [6.07, 6.45) is -0.654. The van der Waals surface area contributed by atoms with Crippen LogP contribution in [0.15, 0.2) is 24.3 Å². The van der Waals surface area contributed by atoms with Crippen LogP contribution in [0.3, 0.4) is 0 Å². The van der Waals surface area contributed by atoms with Crippen molar-refractivity contribution in [1.82, 2.24) is 10.2 Å². The Morgan fingerprint density at radius 1 is 1.32 bits per heavy atom. The van der Waals surface area contributed by atoms with E-state index in [2.05, 4.69) is 5.32 Å². The summed E-state index contributed by atoms with van der Waals surface area (Å²) in [7, 11) is 0. The van der Waals surface area contributed by atoms with E-state index in [1.54, 1.807) is 4.90 Å². The van der Waals surface area contributed by atoms with E-state index >= 15 is 0 Å². The van der Waals surface area contributed by atoms with E-state index in [4.69, 9.17) is 0 Å². The number of benzene rings is 1. The molecule has 106 valence electrons. The highest BCUT2D eigenvalue weighted by Crippen LogP contribution is 2.15. The molecule has 0 saturated carbocycles. The Kier molecular flexibility index (Phi) is 5.83. The van der Waals surface area contributed by atoms with Gasteiger partial charge in [0.05, 0.1) is 12.6 Å². The summed E-state index contributed by atoms with van der Waals surface area (Å²) in [5.74, 6) is 0. The molecule has 0 spiro atoms. The smallest absolute Gasteiger partial charge is 0.317 e. The van der Waals surface area contributed by atoms with Gasteiger partial charge in [-0.3, -0.25) is 0 Å². The number of nitrogens with zero attached hydrogens (tertiary/aromatic N) is 1. The quantitative estimate of drug-likeness (QED) is 0.858. The standard InChI is InChI=1S/C15H24N2O2/c1-5-17(15(19)16-11(2)3)10-14(18)13-8-6-12(4)7-9-13/h6-9,11,14,18H,5,10H2,1-4H3,(H,16,19)/t14-/m1/s1. The molecule has 0 aromatic heterocycles. The van der Waals surface area contributed by atoms with Gasteiger partial charge in [0.15, 0.2) is 0 Å². The number of amides is 2. The first-order valence-electron chi connectivity index (χ1n) is 6.74. The molecule has 4 nitrogen and oxygen atoms in total. The fourth-order valence-electron chi connectivity index (χ4n) is 1.80. The van der Waals surface area contributed by atoms with Crippen molar-refractivity contribution in [2.24, 2.45) is 0 Å². The van der Waals surface area contributed by atoms with Gasteiger partial charge in [-0.1, -0.05) is 29.8 Å². The molecule has 0 aliphatic rings. The molecule has 1 aromatic carbocycles. The Morgan fingerprint density at radius 2 is 1.89 bits per heavy atom. The van der Waals surface area contributed by atoms with Crippen molar-refractivity contribution in [1.29, 1.82) is 0 Å². The first-order valence-corrected chi connectivity index (χ1v) is 6.74. The van der Waals surface area contributed by atoms with E-state index in [0.29, 0.717) is 13.1 Å². The first-order chi connectivity index (χ1) is 8.93. The predicted molar refractivity (Wildman–Crippen MR) is 77.1 cm³/mol. The van der Waals surface area contributed by atoms with Gasteiger partial charge < -0.3 is 15.3 Å². The molecule has 0 heterocycles. The highest BCUT2D eigenvalue weighted by Gasteiger charge is 2.17. The topological polar surface area (TPSA) is 52.6 Å². The van der Waals surface area contributed by atoms with Crippen molar-refractivity contribution in [3.63, 3.8) is 0 Å². The molecule has 1 atom stereocenters. The number of hydrogen-bond donors (Lipinski definition) is 2. The average Bonchev–Trinajstić information content (AvgIpc) is 2.35. The lowest BCUT2D eigenvalue weighted by atomic mass is 10.1. The number of likely N-dealkylation sites (N-methyl/N-ethyl adjacent to an activating group) is 1. The molecule has 0 aliphatic heterocycles. The van der Waals surface area contributed by atoms with Crippen molar-refractivity contribution in [3.8, 4) is 0 Å². The highest BCUT2D eigenvalue weighted by atomic mass is 16.3. The Balaban J connectivity index is 2.64. The number of aryl methyl sites for hydroxylation is 1. The van der Waals surface area contributed by atoms with Crippen LogP contribution in [-0.4, -0.2) is 35.2 Å². The van der Waals surface area contributed by atoms with Crippen molar-refractivity contribution in [3.05, 3.63) is 35.4 Å². The van der Waals surface area contributed by atoms with E-state index in [-0.39, 0.29) is 12.1 Å². The molecule has 0 saturated heterocycles. The lowest BCUT2D eigenvalue weighted by molar-refractivity contribution is 0.122. The molecule has 4 heteroatoms. The van der Waals surface area contributed by atoms with E-state index in [0.717, 1.165) is 11.1 Å². The maximum Gasteiger partial charge on any atom is 0.317 e. The lowest BCUT2D eigenvalue weighted by Gasteiger charge is -2.25. The van der Waals surface area contributed by atoms with Crippen LogP contribution in [0.2, 0.25) is 0 Å². The van der Waals surface area contributed by atoms with Crippen molar-refractivity contribution in [2.75, 3.05) is 13.1 Å². The predicted octanol–water partition coefficient (Wildman–Crippen LogP) is 2.47. The minimum Gasteiger partial charge on any atom is -0.387 e. The van der Waals surface area contributed by atoms with Crippen LogP contribution in [0, 0.1) is 6.92 Å². The summed E-state index contributed by atoms with van der Waals surface area (Å²) in [6, 6.07) is 7.68. The molecular formula is C15H24N2O2. The normalized spacial score (nSPS) is 12.3. The van der Waals surface area contributed by atoms with Gasteiger partial charge in [-0.15, -0.1) is 0 Å². The van der Waals surface area contributed by atoms with Crippen molar-refractivity contribution >= 4 is 6.03 Å². The molecule has 0 unspecified atom stereocenters. The minimum atomic E-state index is -0.654. The number of carbonyl (C=O) groups is 1. The number of aliphatic hydroxyl groups is 1. The molecule has 2 N–H and O–H groups in total. The highest BCUT2D eigenvalue weighted by molar-refractivity contribution is 5.74. The average molecular weight is 264 g/mol. The van der Waals surface area contributed by atoms with Gasteiger partial charge in [-0.2, -0.15) is 0 Å². The molecule has 2 amide bonds. The number of rotatable bonds is 5. The van der Waals surface area contributed by atoms with Gasteiger partial charge in [0, 0.05) is 12.6 Å². The summed E-state index contributed by atoms with van der Waals surface area (Å²) in [4.78, 5) is 13.5. The summed E-state index contributed by atoms with van der Waals surface area (Å²) in [5.41, 5.74) is 1.99. The molecule has 1 aromatic rings. The van der Waals surface area contributed by atoms with Gasteiger partial charge >= 0.3 is 6.03 Å². The van der Waals surface area contributed by atoms with Crippen LogP contribution in [0.1, 0.15) is 38.0 Å². The second-order valence-corrected chi connectivity index (χ2v) is 5.07. The largest absolute Gasteiger partial charge is 0.387 e. The van der Waals surface area contributed by atoms with Crippen molar-refractivity contribution in [2.45, 2.75) is 39.8 Å². The van der Waals surface area contributed by atoms with Gasteiger partial charge in [-0.25, -0.2) is 4.79 Å². The number of urea groups is 1. The molecule has 0 radical (unpaired) electrons. The zero-order chi connectivity index (χ0) is 14.4. The van der Waals surface area contributed by atoms with E-state index in [1.165, 1.54) is 0 Å². The Hall–Kier alpha value is -1.55. The Labute approximate surface area is 115 Å². The first kappa shape index (κ1) is 15.5. The minimum absolute atomic E-state index is 0.0954. The zero-order valence-corrected chi connectivity index (χ0v) is 12.2. The Morgan fingerprint density at radius 3 is 2.37 bits per heavy atom. The zero-order valence-electron chi connectivity index (χ0n) is 12.2. The van der Waals surface area contributed by atoms with E-state index in [1.807, 2.05) is 52.0 Å². The van der Waals surface area contributed by atoms with Gasteiger partial charge in [0.2, 0.25) is 0 Å². The monoisotopic (exact) mass is 264 g/mol. The molecule has 0 bridgehead atoms. The molecular weight excluding hydrogens is 240 g/mol. The maximum absolute atomic E-state index is 11.9. The van der Waals surface area contributed by atoms with Crippen LogP contribution >= 0.6 is 0 Å². The maximum atomic E-state index is 11.9. The fraction of sp³-hybridized carbons (Fsp3) is 0.533. The third kappa shape index (κ3) is 4.91. The van der Waals surface area contributed by atoms with E-state index in [9.17, 15) is 9.90 Å². The Bertz CT molecular complexity index is 401. The fourth-order valence-corrected chi connectivity index (χ4v) is 1.80. The van der Waals surface area contributed by atoms with Gasteiger partial charge in [0.25, 0.3) is 0 Å². The van der Waals surface area contributed by atoms with Gasteiger partial charge in [-0.05, 0) is 33.3 Å². The van der Waals surface area contributed by atoms with E-state index < -0.39 is 6.10 Å². The number of nitrogens with one attached hydrogen (secondary N) is 1. The number of hydrogen-bond acceptors (Lipinski definition) is 2. The second kappa shape index (κ2) is 7.14. The molecule has 1 rings (SSSR count). The number of aliphatic hydroxyl groups excluding tert-OH is 1.